The molecule has 0 aliphatic rings. The second kappa shape index (κ2) is 4.49. The minimum atomic E-state index is -0.903. The molecule has 1 aromatic heterocycles. The maximum Gasteiger partial charge on any atom is 0.115 e. The van der Waals surface area contributed by atoms with Crippen LogP contribution in [0.15, 0.2) is 30.3 Å². The second-order valence-corrected chi connectivity index (χ2v) is 4.78. The van der Waals surface area contributed by atoms with Crippen LogP contribution in [0, 0.1) is 0 Å². The summed E-state index contributed by atoms with van der Waals surface area (Å²) in [7, 11) is 0. The van der Waals surface area contributed by atoms with Crippen molar-refractivity contribution in [3.05, 3.63) is 35.2 Å². The van der Waals surface area contributed by atoms with Crippen LogP contribution in [0.5, 0.6) is 0 Å². The Balaban J connectivity index is 2.36. The number of hydrogen-bond acceptors (Lipinski definition) is 3. The van der Waals surface area contributed by atoms with Crippen LogP contribution in [-0.2, 0) is 0 Å². The smallest absolute Gasteiger partial charge is 0.115 e. The molecule has 2 nitrogen and oxygen atoms in total. The first kappa shape index (κ1) is 10.9. The first-order chi connectivity index (χ1) is 7.22. The molecular weight excluding hydrogens is 232 g/mol. The van der Waals surface area contributed by atoms with Crippen LogP contribution in [-0.4, -0.2) is 22.2 Å². The van der Waals surface area contributed by atoms with Gasteiger partial charge >= 0.3 is 0 Å². The van der Waals surface area contributed by atoms with E-state index in [1.54, 1.807) is 0 Å². The molecular formula is C11H11ClO2S. The van der Waals surface area contributed by atoms with Crippen molar-refractivity contribution in [1.82, 2.24) is 0 Å². The van der Waals surface area contributed by atoms with Crippen molar-refractivity contribution < 1.29 is 10.2 Å². The number of benzene rings is 1. The highest BCUT2D eigenvalue weighted by molar-refractivity contribution is 7.19. The standard InChI is InChI=1S/C11H11ClO2S/c12-6-8(13)11(14)10-5-7-3-1-2-4-9(7)15-10/h1-5,8,11,13-14H,6H2. The van der Waals surface area contributed by atoms with Gasteiger partial charge in [-0.2, -0.15) is 0 Å². The van der Waals surface area contributed by atoms with E-state index in [4.69, 9.17) is 11.6 Å². The summed E-state index contributed by atoms with van der Waals surface area (Å²) >= 11 is 6.97. The van der Waals surface area contributed by atoms with Gasteiger partial charge in [0.15, 0.2) is 0 Å². The molecule has 0 bridgehead atoms. The number of rotatable bonds is 3. The van der Waals surface area contributed by atoms with Crippen LogP contribution >= 0.6 is 22.9 Å². The number of thiophene rings is 1. The largest absolute Gasteiger partial charge is 0.389 e. The molecule has 0 spiro atoms. The lowest BCUT2D eigenvalue weighted by molar-refractivity contribution is 0.0350. The van der Waals surface area contributed by atoms with Gasteiger partial charge < -0.3 is 10.2 Å². The van der Waals surface area contributed by atoms with Gasteiger partial charge in [-0.3, -0.25) is 0 Å². The molecule has 2 aromatic rings. The molecule has 4 heteroatoms. The quantitative estimate of drug-likeness (QED) is 0.812. The lowest BCUT2D eigenvalue weighted by Gasteiger charge is -2.12. The van der Waals surface area contributed by atoms with Crippen LogP contribution in [0.1, 0.15) is 11.0 Å². The number of aliphatic hydroxyl groups is 2. The molecule has 0 saturated heterocycles. The molecule has 2 atom stereocenters. The lowest BCUT2D eigenvalue weighted by Crippen LogP contribution is -2.18. The predicted molar refractivity (Wildman–Crippen MR) is 63.5 cm³/mol. The fraction of sp³-hybridized carbons (Fsp3) is 0.273. The average Bonchev–Trinajstić information content (AvgIpc) is 2.70. The van der Waals surface area contributed by atoms with E-state index in [2.05, 4.69) is 0 Å². The molecule has 1 heterocycles. The molecule has 0 aliphatic heterocycles. The van der Waals surface area contributed by atoms with Crippen molar-refractivity contribution >= 4 is 33.0 Å². The van der Waals surface area contributed by atoms with Gasteiger partial charge in [0.25, 0.3) is 0 Å². The first-order valence-corrected chi connectivity index (χ1v) is 5.98. The molecule has 2 unspecified atom stereocenters. The van der Waals surface area contributed by atoms with Crippen molar-refractivity contribution in [3.63, 3.8) is 0 Å². The van der Waals surface area contributed by atoms with E-state index in [1.807, 2.05) is 30.3 Å². The summed E-state index contributed by atoms with van der Waals surface area (Å²) in [5.74, 6) is 0.0371. The first-order valence-electron chi connectivity index (χ1n) is 4.63. The highest BCUT2D eigenvalue weighted by Crippen LogP contribution is 2.31. The van der Waals surface area contributed by atoms with Gasteiger partial charge in [0.05, 0.1) is 12.0 Å². The molecule has 2 N–H and O–H groups in total. The van der Waals surface area contributed by atoms with Gasteiger partial charge in [-0.05, 0) is 17.5 Å². The predicted octanol–water partition coefficient (Wildman–Crippen LogP) is 2.53. The third kappa shape index (κ3) is 2.16. The van der Waals surface area contributed by atoms with Crippen LogP contribution in [0.2, 0.25) is 0 Å². The third-order valence-electron chi connectivity index (χ3n) is 2.26. The molecule has 2 rings (SSSR count). The molecule has 0 saturated carbocycles. The van der Waals surface area contributed by atoms with Crippen LogP contribution in [0.4, 0.5) is 0 Å². The Labute approximate surface area is 96.7 Å². The van der Waals surface area contributed by atoms with Gasteiger partial charge in [0.2, 0.25) is 0 Å². The molecule has 0 amide bonds. The number of fused-ring (bicyclic) bond motifs is 1. The van der Waals surface area contributed by atoms with Crippen LogP contribution in [0.25, 0.3) is 10.1 Å². The van der Waals surface area contributed by atoms with E-state index in [-0.39, 0.29) is 5.88 Å². The van der Waals surface area contributed by atoms with E-state index in [1.165, 1.54) is 11.3 Å². The highest BCUT2D eigenvalue weighted by atomic mass is 35.5. The fourth-order valence-electron chi connectivity index (χ4n) is 1.42. The van der Waals surface area contributed by atoms with E-state index in [0.717, 1.165) is 15.0 Å². The maximum atomic E-state index is 9.77. The van der Waals surface area contributed by atoms with E-state index in [0.29, 0.717) is 0 Å². The van der Waals surface area contributed by atoms with Crippen molar-refractivity contribution in [2.45, 2.75) is 12.2 Å². The van der Waals surface area contributed by atoms with Crippen molar-refractivity contribution in [3.8, 4) is 0 Å². The van der Waals surface area contributed by atoms with Gasteiger partial charge in [0, 0.05) is 9.58 Å². The molecule has 1 aromatic carbocycles. The zero-order chi connectivity index (χ0) is 10.8. The molecule has 0 radical (unpaired) electrons. The Hall–Kier alpha value is -0.610. The zero-order valence-electron chi connectivity index (χ0n) is 7.93. The Morgan fingerprint density at radius 3 is 2.67 bits per heavy atom. The average molecular weight is 243 g/mol. The zero-order valence-corrected chi connectivity index (χ0v) is 9.50. The number of aliphatic hydroxyl groups excluding tert-OH is 2. The summed E-state index contributed by atoms with van der Waals surface area (Å²) in [5.41, 5.74) is 0. The van der Waals surface area contributed by atoms with Crippen molar-refractivity contribution in [2.75, 3.05) is 5.88 Å². The minimum absolute atomic E-state index is 0.0371. The van der Waals surface area contributed by atoms with E-state index < -0.39 is 12.2 Å². The molecule has 80 valence electrons. The topological polar surface area (TPSA) is 40.5 Å². The minimum Gasteiger partial charge on any atom is -0.389 e. The van der Waals surface area contributed by atoms with E-state index in [9.17, 15) is 10.2 Å². The Morgan fingerprint density at radius 1 is 1.27 bits per heavy atom. The van der Waals surface area contributed by atoms with Crippen molar-refractivity contribution in [1.29, 1.82) is 0 Å². The number of halogens is 1. The van der Waals surface area contributed by atoms with Gasteiger partial charge in [-0.25, -0.2) is 0 Å². The summed E-state index contributed by atoms with van der Waals surface area (Å²) in [6.07, 6.45) is -1.79. The number of hydrogen-bond donors (Lipinski definition) is 2. The van der Waals surface area contributed by atoms with Crippen molar-refractivity contribution in [2.24, 2.45) is 0 Å². The summed E-state index contributed by atoms with van der Waals surface area (Å²) in [4.78, 5) is 0.754. The van der Waals surface area contributed by atoms with Crippen LogP contribution in [0.3, 0.4) is 0 Å². The molecule has 15 heavy (non-hydrogen) atoms. The second-order valence-electron chi connectivity index (χ2n) is 3.35. The summed E-state index contributed by atoms with van der Waals surface area (Å²) in [6.45, 7) is 0. The fourth-order valence-corrected chi connectivity index (χ4v) is 2.70. The van der Waals surface area contributed by atoms with E-state index >= 15 is 0 Å². The molecule has 0 fully saturated rings. The summed E-state index contributed by atoms with van der Waals surface area (Å²) < 4.78 is 1.10. The highest BCUT2D eigenvalue weighted by Gasteiger charge is 2.19. The van der Waals surface area contributed by atoms with Gasteiger partial charge in [0.1, 0.15) is 6.10 Å². The monoisotopic (exact) mass is 242 g/mol. The Kier molecular flexibility index (Phi) is 3.26. The Morgan fingerprint density at radius 2 is 2.00 bits per heavy atom. The van der Waals surface area contributed by atoms with Gasteiger partial charge in [-0.15, -0.1) is 22.9 Å². The van der Waals surface area contributed by atoms with Crippen LogP contribution < -0.4 is 0 Å². The molecule has 0 aliphatic carbocycles. The maximum absolute atomic E-state index is 9.77. The number of alkyl halides is 1. The normalized spacial score (nSPS) is 15.4. The third-order valence-corrected chi connectivity index (χ3v) is 3.76. The SMILES string of the molecule is OC(CCl)C(O)c1cc2ccccc2s1. The lowest BCUT2D eigenvalue weighted by atomic mass is 10.1. The Bertz CT molecular complexity index is 422. The summed E-state index contributed by atoms with van der Waals surface area (Å²) in [5, 5.41) is 20.3. The summed E-state index contributed by atoms with van der Waals surface area (Å²) in [6, 6.07) is 9.76. The van der Waals surface area contributed by atoms with Gasteiger partial charge in [-0.1, -0.05) is 18.2 Å².